The number of terminal acetylenes is 1. The summed E-state index contributed by atoms with van der Waals surface area (Å²) in [6.07, 6.45) is 9.66. The summed E-state index contributed by atoms with van der Waals surface area (Å²) in [5.41, 5.74) is -0.730. The predicted molar refractivity (Wildman–Crippen MR) is 56.1 cm³/mol. The van der Waals surface area contributed by atoms with E-state index in [4.69, 9.17) is 15.9 Å². The molecule has 1 heterocycles. The minimum atomic E-state index is -0.890. The highest BCUT2D eigenvalue weighted by atomic mass is 16.8. The lowest BCUT2D eigenvalue weighted by Gasteiger charge is -2.34. The minimum Gasteiger partial charge on any atom is -0.377 e. The minimum absolute atomic E-state index is 0.387. The number of hydrogen-bond acceptors (Lipinski definition) is 3. The van der Waals surface area contributed by atoms with Crippen molar-refractivity contribution in [3.8, 4) is 12.3 Å². The Labute approximate surface area is 90.8 Å². The van der Waals surface area contributed by atoms with Gasteiger partial charge in [0.25, 0.3) is 0 Å². The van der Waals surface area contributed by atoms with E-state index in [0.29, 0.717) is 6.61 Å². The Balaban J connectivity index is 2.08. The van der Waals surface area contributed by atoms with Gasteiger partial charge in [-0.3, -0.25) is 0 Å². The van der Waals surface area contributed by atoms with Gasteiger partial charge in [0.15, 0.2) is 5.79 Å². The molecule has 0 bridgehead atoms. The van der Waals surface area contributed by atoms with Crippen LogP contribution in [0.15, 0.2) is 0 Å². The van der Waals surface area contributed by atoms with Crippen molar-refractivity contribution in [1.29, 1.82) is 0 Å². The first-order valence-corrected chi connectivity index (χ1v) is 5.59. The summed E-state index contributed by atoms with van der Waals surface area (Å²) in [5.74, 6) is 1.85. The van der Waals surface area contributed by atoms with Crippen molar-refractivity contribution in [2.75, 3.05) is 6.61 Å². The highest BCUT2D eigenvalue weighted by molar-refractivity contribution is 5.07. The van der Waals surface area contributed by atoms with Crippen molar-refractivity contribution in [2.24, 2.45) is 0 Å². The third-order valence-electron chi connectivity index (χ3n) is 3.39. The van der Waals surface area contributed by atoms with Crippen LogP contribution in [0, 0.1) is 12.3 Å². The molecule has 0 radical (unpaired) electrons. The van der Waals surface area contributed by atoms with E-state index in [9.17, 15) is 5.11 Å². The van der Waals surface area contributed by atoms with E-state index in [1.54, 1.807) is 0 Å². The first-order chi connectivity index (χ1) is 7.10. The molecule has 1 N–H and O–H groups in total. The molecule has 0 aromatic rings. The molecule has 0 unspecified atom stereocenters. The average molecular weight is 210 g/mol. The van der Waals surface area contributed by atoms with E-state index >= 15 is 0 Å². The van der Waals surface area contributed by atoms with Gasteiger partial charge in [-0.05, 0) is 19.8 Å². The highest BCUT2D eigenvalue weighted by Gasteiger charge is 2.51. The number of aliphatic hydroxyl groups excluding tert-OH is 1. The van der Waals surface area contributed by atoms with Crippen molar-refractivity contribution >= 4 is 0 Å². The van der Waals surface area contributed by atoms with Gasteiger partial charge in [0.2, 0.25) is 0 Å². The van der Waals surface area contributed by atoms with Crippen molar-refractivity contribution in [3.05, 3.63) is 0 Å². The molecule has 1 aliphatic heterocycles. The van der Waals surface area contributed by atoms with Gasteiger partial charge >= 0.3 is 0 Å². The molecule has 1 aliphatic carbocycles. The van der Waals surface area contributed by atoms with Gasteiger partial charge in [0.05, 0.1) is 6.61 Å². The van der Waals surface area contributed by atoms with Crippen LogP contribution in [0.2, 0.25) is 0 Å². The van der Waals surface area contributed by atoms with Crippen molar-refractivity contribution in [1.82, 2.24) is 0 Å². The molecule has 15 heavy (non-hydrogen) atoms. The fourth-order valence-corrected chi connectivity index (χ4v) is 2.41. The molecule has 0 aromatic heterocycles. The summed E-state index contributed by atoms with van der Waals surface area (Å²) in [6, 6.07) is 0. The van der Waals surface area contributed by atoms with E-state index < -0.39 is 17.5 Å². The number of ether oxygens (including phenoxy) is 2. The van der Waals surface area contributed by atoms with Crippen LogP contribution in [0.3, 0.4) is 0 Å². The van der Waals surface area contributed by atoms with E-state index in [0.717, 1.165) is 25.7 Å². The molecule has 0 amide bonds. The second-order valence-corrected chi connectivity index (χ2v) is 4.74. The van der Waals surface area contributed by atoms with Crippen LogP contribution >= 0.6 is 0 Å². The van der Waals surface area contributed by atoms with Gasteiger partial charge in [-0.25, -0.2) is 0 Å². The number of aliphatic hydroxyl groups is 1. The molecule has 2 rings (SSSR count). The maximum atomic E-state index is 9.69. The van der Waals surface area contributed by atoms with Gasteiger partial charge in [0.1, 0.15) is 11.7 Å². The van der Waals surface area contributed by atoms with Gasteiger partial charge in [0, 0.05) is 12.8 Å². The molecule has 2 atom stereocenters. The molecular formula is C12H18O3. The number of rotatable bonds is 1. The van der Waals surface area contributed by atoms with Crippen molar-refractivity contribution in [2.45, 2.75) is 56.5 Å². The molecule has 84 valence electrons. The standard InChI is InChI=1S/C12H18O3/c1-3-10(13)11(2)9-14-12(15-11)7-5-4-6-8-12/h1,10,13H,4-9H2,2H3/t10-,11+/m1/s1. The lowest BCUT2D eigenvalue weighted by Crippen LogP contribution is -2.44. The second kappa shape index (κ2) is 3.79. The van der Waals surface area contributed by atoms with E-state index in [1.807, 2.05) is 6.92 Å². The highest BCUT2D eigenvalue weighted by Crippen LogP contribution is 2.42. The molecule has 3 heteroatoms. The summed E-state index contributed by atoms with van der Waals surface area (Å²) >= 11 is 0. The Kier molecular flexibility index (Phi) is 2.76. The predicted octanol–water partition coefficient (Wildman–Crippen LogP) is 1.45. The summed E-state index contributed by atoms with van der Waals surface area (Å²) in [5, 5.41) is 9.69. The normalized spacial score (nSPS) is 36.3. The van der Waals surface area contributed by atoms with Crippen LogP contribution in [-0.4, -0.2) is 29.2 Å². The Morgan fingerprint density at radius 2 is 2.00 bits per heavy atom. The largest absolute Gasteiger partial charge is 0.377 e. The van der Waals surface area contributed by atoms with Crippen LogP contribution in [-0.2, 0) is 9.47 Å². The van der Waals surface area contributed by atoms with Crippen molar-refractivity contribution < 1.29 is 14.6 Å². The Hall–Kier alpha value is -0.560. The third-order valence-corrected chi connectivity index (χ3v) is 3.39. The SMILES string of the molecule is C#C[C@@H](O)[C@]1(C)COC2(CCCCC2)O1. The molecule has 2 fully saturated rings. The van der Waals surface area contributed by atoms with E-state index in [-0.39, 0.29) is 0 Å². The lowest BCUT2D eigenvalue weighted by molar-refractivity contribution is -0.212. The zero-order valence-electron chi connectivity index (χ0n) is 9.16. The summed E-state index contributed by atoms with van der Waals surface area (Å²) in [7, 11) is 0. The van der Waals surface area contributed by atoms with Crippen molar-refractivity contribution in [3.63, 3.8) is 0 Å². The maximum Gasteiger partial charge on any atom is 0.169 e. The van der Waals surface area contributed by atoms with E-state index in [2.05, 4.69) is 5.92 Å². The maximum absolute atomic E-state index is 9.69. The smallest absolute Gasteiger partial charge is 0.169 e. The van der Waals surface area contributed by atoms with Gasteiger partial charge in [-0.15, -0.1) is 6.42 Å². The zero-order chi connectivity index (χ0) is 10.9. The molecule has 1 saturated heterocycles. The van der Waals surface area contributed by atoms with Crippen LogP contribution in [0.1, 0.15) is 39.0 Å². The Morgan fingerprint density at radius 1 is 1.33 bits per heavy atom. The van der Waals surface area contributed by atoms with Crippen LogP contribution in [0.5, 0.6) is 0 Å². The molecule has 1 saturated carbocycles. The second-order valence-electron chi connectivity index (χ2n) is 4.74. The average Bonchev–Trinajstić information content (AvgIpc) is 2.57. The monoisotopic (exact) mass is 210 g/mol. The first kappa shape index (κ1) is 10.9. The molecular weight excluding hydrogens is 192 g/mol. The number of hydrogen-bond donors (Lipinski definition) is 1. The van der Waals surface area contributed by atoms with E-state index in [1.165, 1.54) is 6.42 Å². The summed E-state index contributed by atoms with van der Waals surface area (Å²) < 4.78 is 11.7. The summed E-state index contributed by atoms with van der Waals surface area (Å²) in [4.78, 5) is 0. The topological polar surface area (TPSA) is 38.7 Å². The first-order valence-electron chi connectivity index (χ1n) is 5.59. The van der Waals surface area contributed by atoms with Gasteiger partial charge in [-0.2, -0.15) is 0 Å². The molecule has 1 spiro atoms. The lowest BCUT2D eigenvalue weighted by atomic mass is 9.94. The molecule has 0 aromatic carbocycles. The Morgan fingerprint density at radius 3 is 2.60 bits per heavy atom. The van der Waals surface area contributed by atoms with Crippen LogP contribution in [0.4, 0.5) is 0 Å². The third kappa shape index (κ3) is 1.90. The van der Waals surface area contributed by atoms with Gasteiger partial charge < -0.3 is 14.6 Å². The quantitative estimate of drug-likeness (QED) is 0.666. The van der Waals surface area contributed by atoms with Gasteiger partial charge in [-0.1, -0.05) is 12.3 Å². The fraction of sp³-hybridized carbons (Fsp3) is 0.833. The molecule has 3 nitrogen and oxygen atoms in total. The summed E-state index contributed by atoms with van der Waals surface area (Å²) in [6.45, 7) is 2.21. The molecule has 2 aliphatic rings. The van der Waals surface area contributed by atoms with Crippen LogP contribution < -0.4 is 0 Å². The van der Waals surface area contributed by atoms with Crippen LogP contribution in [0.25, 0.3) is 0 Å². The Bertz CT molecular complexity index is 275. The fourth-order valence-electron chi connectivity index (χ4n) is 2.41. The zero-order valence-corrected chi connectivity index (χ0v) is 9.16.